The van der Waals surface area contributed by atoms with Crippen LogP contribution < -0.4 is 5.32 Å². The van der Waals surface area contributed by atoms with Crippen molar-refractivity contribution < 1.29 is 13.6 Å². The van der Waals surface area contributed by atoms with E-state index in [0.29, 0.717) is 24.1 Å². The molecule has 118 valence electrons. The number of halogens is 3. The summed E-state index contributed by atoms with van der Waals surface area (Å²) < 4.78 is 26.4. The molecule has 0 aliphatic carbocycles. The second-order valence-corrected chi connectivity index (χ2v) is 5.57. The standard InChI is InChI=1S/C17H13ClF2N2O/c18-11-1-4-16-14(7-11)10(9-22-16)5-6-21-17(23)13-3-2-12(19)8-15(13)20/h1-4,7-9,22H,5-6H2,(H,21,23). The Kier molecular flexibility index (Phi) is 4.30. The molecule has 23 heavy (non-hydrogen) atoms. The smallest absolute Gasteiger partial charge is 0.254 e. The first-order valence-electron chi connectivity index (χ1n) is 7.03. The molecule has 3 aromatic rings. The fraction of sp³-hybridized carbons (Fsp3) is 0.118. The molecule has 0 radical (unpaired) electrons. The van der Waals surface area contributed by atoms with Gasteiger partial charge in [-0.25, -0.2) is 8.78 Å². The first kappa shape index (κ1) is 15.5. The third kappa shape index (κ3) is 3.35. The van der Waals surface area contributed by atoms with Crippen molar-refractivity contribution in [1.29, 1.82) is 0 Å². The number of H-pyrrole nitrogens is 1. The predicted octanol–water partition coefficient (Wildman–Crippen LogP) is 4.07. The number of aromatic amines is 1. The van der Waals surface area contributed by atoms with Gasteiger partial charge in [-0.15, -0.1) is 0 Å². The maximum Gasteiger partial charge on any atom is 0.254 e. The number of fused-ring (bicyclic) bond motifs is 1. The van der Waals surface area contributed by atoms with Gasteiger partial charge < -0.3 is 10.3 Å². The number of benzene rings is 2. The van der Waals surface area contributed by atoms with Crippen LogP contribution in [-0.4, -0.2) is 17.4 Å². The van der Waals surface area contributed by atoms with Gasteiger partial charge in [-0.3, -0.25) is 4.79 Å². The van der Waals surface area contributed by atoms with Gasteiger partial charge in [-0.2, -0.15) is 0 Å². The van der Waals surface area contributed by atoms with E-state index in [1.807, 2.05) is 18.3 Å². The van der Waals surface area contributed by atoms with E-state index in [9.17, 15) is 13.6 Å². The minimum Gasteiger partial charge on any atom is -0.361 e. The maximum absolute atomic E-state index is 13.5. The Labute approximate surface area is 136 Å². The van der Waals surface area contributed by atoms with E-state index in [1.54, 1.807) is 6.07 Å². The zero-order valence-electron chi connectivity index (χ0n) is 12.0. The van der Waals surface area contributed by atoms with Gasteiger partial charge >= 0.3 is 0 Å². The van der Waals surface area contributed by atoms with Crippen molar-refractivity contribution in [3.05, 3.63) is 70.4 Å². The maximum atomic E-state index is 13.5. The molecule has 3 rings (SSSR count). The zero-order chi connectivity index (χ0) is 16.4. The highest BCUT2D eigenvalue weighted by atomic mass is 35.5. The number of nitrogens with one attached hydrogen (secondary N) is 2. The van der Waals surface area contributed by atoms with Crippen LogP contribution in [0.15, 0.2) is 42.6 Å². The Morgan fingerprint density at radius 2 is 2.00 bits per heavy atom. The molecule has 2 aromatic carbocycles. The molecule has 0 unspecified atom stereocenters. The Balaban J connectivity index is 1.66. The highest BCUT2D eigenvalue weighted by Gasteiger charge is 2.12. The molecular formula is C17H13ClF2N2O. The highest BCUT2D eigenvalue weighted by Crippen LogP contribution is 2.22. The fourth-order valence-electron chi connectivity index (χ4n) is 2.44. The van der Waals surface area contributed by atoms with Crippen molar-refractivity contribution in [3.63, 3.8) is 0 Å². The zero-order valence-corrected chi connectivity index (χ0v) is 12.8. The predicted molar refractivity (Wildman–Crippen MR) is 85.7 cm³/mol. The van der Waals surface area contributed by atoms with Crippen LogP contribution >= 0.6 is 11.6 Å². The first-order valence-corrected chi connectivity index (χ1v) is 7.41. The van der Waals surface area contributed by atoms with Gasteiger partial charge in [0.15, 0.2) is 0 Å². The van der Waals surface area contributed by atoms with Crippen LogP contribution in [0.1, 0.15) is 15.9 Å². The normalized spacial score (nSPS) is 10.9. The van der Waals surface area contributed by atoms with Gasteiger partial charge in [0.25, 0.3) is 5.91 Å². The van der Waals surface area contributed by atoms with Crippen molar-refractivity contribution in [2.75, 3.05) is 6.54 Å². The van der Waals surface area contributed by atoms with Crippen LogP contribution in [0, 0.1) is 11.6 Å². The van der Waals surface area contributed by atoms with E-state index in [-0.39, 0.29) is 5.56 Å². The topological polar surface area (TPSA) is 44.9 Å². The minimum atomic E-state index is -0.874. The summed E-state index contributed by atoms with van der Waals surface area (Å²) in [6.45, 7) is 0.328. The van der Waals surface area contributed by atoms with Gasteiger partial charge in [0.05, 0.1) is 5.56 Å². The van der Waals surface area contributed by atoms with Gasteiger partial charge in [-0.05, 0) is 42.3 Å². The number of aromatic nitrogens is 1. The fourth-order valence-corrected chi connectivity index (χ4v) is 2.61. The average molecular weight is 335 g/mol. The van der Waals surface area contributed by atoms with Crippen LogP contribution in [-0.2, 0) is 6.42 Å². The second kappa shape index (κ2) is 6.38. The summed E-state index contributed by atoms with van der Waals surface area (Å²) in [5.41, 5.74) is 1.79. The molecule has 2 N–H and O–H groups in total. The van der Waals surface area contributed by atoms with E-state index in [1.165, 1.54) is 0 Å². The number of hydrogen-bond acceptors (Lipinski definition) is 1. The number of amides is 1. The van der Waals surface area contributed by atoms with E-state index in [0.717, 1.165) is 28.6 Å². The van der Waals surface area contributed by atoms with Crippen LogP contribution in [0.3, 0.4) is 0 Å². The van der Waals surface area contributed by atoms with E-state index in [2.05, 4.69) is 10.3 Å². The lowest BCUT2D eigenvalue weighted by Gasteiger charge is -2.06. The molecule has 0 spiro atoms. The van der Waals surface area contributed by atoms with E-state index >= 15 is 0 Å². The molecule has 0 aliphatic heterocycles. The summed E-state index contributed by atoms with van der Waals surface area (Å²) in [5.74, 6) is -2.16. The largest absolute Gasteiger partial charge is 0.361 e. The monoisotopic (exact) mass is 334 g/mol. The number of carbonyl (C=O) groups excluding carboxylic acids is 1. The molecule has 0 bridgehead atoms. The Morgan fingerprint density at radius 3 is 2.78 bits per heavy atom. The SMILES string of the molecule is O=C(NCCc1c[nH]c2ccc(Cl)cc12)c1ccc(F)cc1F. The molecule has 6 heteroatoms. The molecule has 0 atom stereocenters. The van der Waals surface area contributed by atoms with E-state index < -0.39 is 17.5 Å². The van der Waals surface area contributed by atoms with Gasteiger partial charge in [-0.1, -0.05) is 11.6 Å². The van der Waals surface area contributed by atoms with Crippen LogP contribution in [0.5, 0.6) is 0 Å². The number of carbonyl (C=O) groups is 1. The van der Waals surface area contributed by atoms with Crippen molar-refractivity contribution >= 4 is 28.4 Å². The molecule has 3 nitrogen and oxygen atoms in total. The first-order chi connectivity index (χ1) is 11.0. The van der Waals surface area contributed by atoms with Gasteiger partial charge in [0.2, 0.25) is 0 Å². The molecule has 0 saturated heterocycles. The number of hydrogen-bond donors (Lipinski definition) is 2. The highest BCUT2D eigenvalue weighted by molar-refractivity contribution is 6.31. The molecule has 1 aromatic heterocycles. The van der Waals surface area contributed by atoms with Crippen molar-refractivity contribution in [2.45, 2.75) is 6.42 Å². The lowest BCUT2D eigenvalue weighted by Crippen LogP contribution is -2.26. The Bertz CT molecular complexity index is 876. The summed E-state index contributed by atoms with van der Waals surface area (Å²) in [6, 6.07) is 8.41. The lowest BCUT2D eigenvalue weighted by atomic mass is 10.1. The molecule has 1 heterocycles. The quantitative estimate of drug-likeness (QED) is 0.742. The summed E-state index contributed by atoms with van der Waals surface area (Å²) in [5, 5.41) is 4.25. The van der Waals surface area contributed by atoms with Gasteiger partial charge in [0, 0.05) is 34.7 Å². The van der Waals surface area contributed by atoms with E-state index in [4.69, 9.17) is 11.6 Å². The van der Waals surface area contributed by atoms with Crippen molar-refractivity contribution in [3.8, 4) is 0 Å². The lowest BCUT2D eigenvalue weighted by molar-refractivity contribution is 0.0950. The van der Waals surface area contributed by atoms with Crippen molar-refractivity contribution in [1.82, 2.24) is 10.3 Å². The minimum absolute atomic E-state index is 0.173. The van der Waals surface area contributed by atoms with Gasteiger partial charge in [0.1, 0.15) is 11.6 Å². The van der Waals surface area contributed by atoms with Crippen LogP contribution in [0.2, 0.25) is 5.02 Å². The molecule has 0 fully saturated rings. The molecule has 0 aliphatic rings. The summed E-state index contributed by atoms with van der Waals surface area (Å²) in [6.07, 6.45) is 2.42. The molecular weight excluding hydrogens is 322 g/mol. The number of rotatable bonds is 4. The second-order valence-electron chi connectivity index (χ2n) is 5.13. The average Bonchev–Trinajstić information content (AvgIpc) is 2.89. The van der Waals surface area contributed by atoms with Crippen molar-refractivity contribution in [2.24, 2.45) is 0 Å². The van der Waals surface area contributed by atoms with Crippen LogP contribution in [0.4, 0.5) is 8.78 Å². The Morgan fingerprint density at radius 1 is 1.17 bits per heavy atom. The summed E-state index contributed by atoms with van der Waals surface area (Å²) >= 11 is 5.99. The molecule has 0 saturated carbocycles. The third-order valence-corrected chi connectivity index (χ3v) is 3.82. The summed E-state index contributed by atoms with van der Waals surface area (Å²) in [4.78, 5) is 15.0. The third-order valence-electron chi connectivity index (χ3n) is 3.59. The molecule has 1 amide bonds. The Hall–Kier alpha value is -2.40. The van der Waals surface area contributed by atoms with Crippen LogP contribution in [0.25, 0.3) is 10.9 Å². The summed E-state index contributed by atoms with van der Waals surface area (Å²) in [7, 11) is 0.